The average Bonchev–Trinajstić information content (AvgIpc) is 2.41. The molecule has 0 bridgehead atoms. The summed E-state index contributed by atoms with van der Waals surface area (Å²) in [7, 11) is 2.38. The van der Waals surface area contributed by atoms with Gasteiger partial charge in [-0.05, 0) is 12.1 Å². The minimum atomic E-state index is -0.735. The second-order valence-electron chi connectivity index (χ2n) is 3.30. The minimum Gasteiger partial charge on any atom is -0.466 e. The van der Waals surface area contributed by atoms with E-state index in [1.807, 2.05) is 0 Å². The second kappa shape index (κ2) is 7.01. The van der Waals surface area contributed by atoms with Gasteiger partial charge in [0.15, 0.2) is 0 Å². The van der Waals surface area contributed by atoms with E-state index in [-0.39, 0.29) is 10.7 Å². The summed E-state index contributed by atoms with van der Waals surface area (Å²) in [5, 5.41) is 3.21. The van der Waals surface area contributed by atoms with Crippen molar-refractivity contribution < 1.29 is 19.1 Å². The number of nitrogens with one attached hydrogen (secondary N) is 1. The first kappa shape index (κ1) is 15.3. The third-order valence-corrected chi connectivity index (χ3v) is 2.91. The molecule has 102 valence electrons. The van der Waals surface area contributed by atoms with Gasteiger partial charge in [-0.1, -0.05) is 29.3 Å². The minimum absolute atomic E-state index is 0.112. The van der Waals surface area contributed by atoms with Gasteiger partial charge in [0.05, 0.1) is 36.0 Å². The van der Waals surface area contributed by atoms with Crippen LogP contribution >= 0.6 is 23.2 Å². The lowest BCUT2D eigenvalue weighted by molar-refractivity contribution is -0.138. The zero-order valence-electron chi connectivity index (χ0n) is 10.2. The molecule has 1 aromatic carbocycles. The molecule has 0 spiro atoms. The molecule has 7 heteroatoms. The number of hydrogen-bond acceptors (Lipinski definition) is 5. The number of rotatable bonds is 4. The van der Waals surface area contributed by atoms with Crippen LogP contribution in [0.3, 0.4) is 0 Å². The van der Waals surface area contributed by atoms with Crippen LogP contribution in [-0.4, -0.2) is 26.2 Å². The number of halogens is 2. The van der Waals surface area contributed by atoms with Crippen molar-refractivity contribution in [2.75, 3.05) is 19.5 Å². The Morgan fingerprint density at radius 2 is 1.89 bits per heavy atom. The third-order valence-electron chi connectivity index (χ3n) is 2.09. The summed E-state index contributed by atoms with van der Waals surface area (Å²) in [6, 6.07) is 4.84. The van der Waals surface area contributed by atoms with Gasteiger partial charge in [-0.25, -0.2) is 9.59 Å². The van der Waals surface area contributed by atoms with E-state index in [0.717, 1.165) is 6.08 Å². The normalized spacial score (nSPS) is 10.8. The summed E-state index contributed by atoms with van der Waals surface area (Å²) in [5.41, 5.74) is 0.258. The van der Waals surface area contributed by atoms with Gasteiger partial charge in [-0.2, -0.15) is 0 Å². The standard InChI is InChI=1S/C12H11Cl2NO4/c1-18-10(16)6-9(12(17)19-2)15-8-5-3-4-7(13)11(8)14/h3-6,15H,1-2H3/b9-6+. The predicted molar refractivity (Wildman–Crippen MR) is 72.2 cm³/mol. The van der Waals surface area contributed by atoms with Crippen molar-refractivity contribution in [3.05, 3.63) is 40.0 Å². The van der Waals surface area contributed by atoms with Gasteiger partial charge in [0, 0.05) is 0 Å². The molecule has 0 unspecified atom stereocenters. The van der Waals surface area contributed by atoms with Crippen LogP contribution in [0.25, 0.3) is 0 Å². The van der Waals surface area contributed by atoms with Gasteiger partial charge >= 0.3 is 11.9 Å². The van der Waals surface area contributed by atoms with Crippen LogP contribution in [0.4, 0.5) is 5.69 Å². The van der Waals surface area contributed by atoms with E-state index in [0.29, 0.717) is 10.7 Å². The van der Waals surface area contributed by atoms with Gasteiger partial charge in [0.25, 0.3) is 0 Å². The zero-order chi connectivity index (χ0) is 14.4. The molecule has 0 radical (unpaired) electrons. The molecule has 5 nitrogen and oxygen atoms in total. The predicted octanol–water partition coefficient (Wildman–Crippen LogP) is 2.64. The maximum atomic E-state index is 11.5. The van der Waals surface area contributed by atoms with E-state index in [2.05, 4.69) is 14.8 Å². The van der Waals surface area contributed by atoms with E-state index in [1.165, 1.54) is 14.2 Å². The van der Waals surface area contributed by atoms with Crippen LogP contribution in [-0.2, 0) is 19.1 Å². The molecule has 0 aromatic heterocycles. The molecule has 0 aliphatic heterocycles. The number of esters is 2. The molecular formula is C12H11Cl2NO4. The molecule has 1 aromatic rings. The quantitative estimate of drug-likeness (QED) is 0.684. The fraction of sp³-hybridized carbons (Fsp3) is 0.167. The Balaban J connectivity index is 3.08. The Labute approximate surface area is 120 Å². The fourth-order valence-electron chi connectivity index (χ4n) is 1.18. The highest BCUT2D eigenvalue weighted by Crippen LogP contribution is 2.30. The van der Waals surface area contributed by atoms with Gasteiger partial charge < -0.3 is 14.8 Å². The summed E-state index contributed by atoms with van der Waals surface area (Å²) >= 11 is 11.8. The molecule has 0 saturated carbocycles. The van der Waals surface area contributed by atoms with Crippen molar-refractivity contribution in [3.8, 4) is 0 Å². The SMILES string of the molecule is COC(=O)/C=C(/Nc1cccc(Cl)c1Cl)C(=O)OC. The Kier molecular flexibility index (Phi) is 5.66. The summed E-state index contributed by atoms with van der Waals surface area (Å²) in [6.07, 6.45) is 0.961. The fourth-order valence-corrected chi connectivity index (χ4v) is 1.53. The maximum absolute atomic E-state index is 11.5. The van der Waals surface area contributed by atoms with Gasteiger partial charge in [0.1, 0.15) is 5.70 Å². The van der Waals surface area contributed by atoms with E-state index < -0.39 is 11.9 Å². The molecule has 0 aliphatic carbocycles. The third kappa shape index (κ3) is 4.15. The van der Waals surface area contributed by atoms with Gasteiger partial charge in [-0.3, -0.25) is 0 Å². The number of ether oxygens (including phenoxy) is 2. The lowest BCUT2D eigenvalue weighted by Gasteiger charge is -2.11. The van der Waals surface area contributed by atoms with Crippen LogP contribution in [0, 0.1) is 0 Å². The summed E-state index contributed by atoms with van der Waals surface area (Å²) in [6.45, 7) is 0. The van der Waals surface area contributed by atoms with Crippen molar-refractivity contribution in [3.63, 3.8) is 0 Å². The van der Waals surface area contributed by atoms with E-state index in [1.54, 1.807) is 18.2 Å². The van der Waals surface area contributed by atoms with E-state index >= 15 is 0 Å². The van der Waals surface area contributed by atoms with Crippen molar-refractivity contribution in [1.82, 2.24) is 0 Å². The van der Waals surface area contributed by atoms with Crippen LogP contribution in [0.15, 0.2) is 30.0 Å². The highest BCUT2D eigenvalue weighted by molar-refractivity contribution is 6.43. The zero-order valence-corrected chi connectivity index (χ0v) is 11.7. The summed E-state index contributed by atoms with van der Waals surface area (Å²) in [4.78, 5) is 22.7. The molecule has 1 rings (SSSR count). The molecule has 0 atom stereocenters. The molecule has 1 N–H and O–H groups in total. The molecule has 0 heterocycles. The molecule has 0 saturated heterocycles. The summed E-state index contributed by atoms with van der Waals surface area (Å²) in [5.74, 6) is -1.44. The van der Waals surface area contributed by atoms with Crippen molar-refractivity contribution in [1.29, 1.82) is 0 Å². The maximum Gasteiger partial charge on any atom is 0.354 e. The Morgan fingerprint density at radius 3 is 2.47 bits per heavy atom. The molecule has 0 amide bonds. The van der Waals surface area contributed by atoms with Crippen LogP contribution < -0.4 is 5.32 Å². The molecule has 19 heavy (non-hydrogen) atoms. The smallest absolute Gasteiger partial charge is 0.354 e. The Bertz CT molecular complexity index is 528. The lowest BCUT2D eigenvalue weighted by atomic mass is 10.3. The second-order valence-corrected chi connectivity index (χ2v) is 4.08. The first-order valence-corrected chi connectivity index (χ1v) is 5.84. The molecule has 0 aliphatic rings. The first-order chi connectivity index (χ1) is 8.99. The van der Waals surface area contributed by atoms with Crippen LogP contribution in [0.2, 0.25) is 10.0 Å². The number of carbonyl (C=O) groups excluding carboxylic acids is 2. The topological polar surface area (TPSA) is 64.6 Å². The number of carbonyl (C=O) groups is 2. The van der Waals surface area contributed by atoms with Crippen LogP contribution in [0.5, 0.6) is 0 Å². The average molecular weight is 304 g/mol. The highest BCUT2D eigenvalue weighted by atomic mass is 35.5. The van der Waals surface area contributed by atoms with E-state index in [4.69, 9.17) is 23.2 Å². The number of methoxy groups -OCH3 is 2. The van der Waals surface area contributed by atoms with Crippen molar-refractivity contribution >= 4 is 40.8 Å². The Hall–Kier alpha value is -1.72. The highest BCUT2D eigenvalue weighted by Gasteiger charge is 2.14. The summed E-state index contributed by atoms with van der Waals surface area (Å²) < 4.78 is 8.99. The molecular weight excluding hydrogens is 293 g/mol. The van der Waals surface area contributed by atoms with Crippen molar-refractivity contribution in [2.24, 2.45) is 0 Å². The largest absolute Gasteiger partial charge is 0.466 e. The number of anilines is 1. The monoisotopic (exact) mass is 303 g/mol. The number of hydrogen-bond donors (Lipinski definition) is 1. The van der Waals surface area contributed by atoms with Crippen molar-refractivity contribution in [2.45, 2.75) is 0 Å². The lowest BCUT2D eigenvalue weighted by Crippen LogP contribution is -2.15. The first-order valence-electron chi connectivity index (χ1n) is 5.08. The Morgan fingerprint density at radius 1 is 1.21 bits per heavy atom. The van der Waals surface area contributed by atoms with Gasteiger partial charge in [0.2, 0.25) is 0 Å². The van der Waals surface area contributed by atoms with Gasteiger partial charge in [-0.15, -0.1) is 0 Å². The van der Waals surface area contributed by atoms with E-state index in [9.17, 15) is 9.59 Å². The van der Waals surface area contributed by atoms with Crippen LogP contribution in [0.1, 0.15) is 0 Å². The molecule has 0 fully saturated rings. The number of benzene rings is 1.